The monoisotopic (exact) mass is 323 g/mol. The fourth-order valence-electron chi connectivity index (χ4n) is 1.70. The van der Waals surface area contributed by atoms with E-state index in [-0.39, 0.29) is 10.8 Å². The average molecular weight is 323 g/mol. The van der Waals surface area contributed by atoms with E-state index in [2.05, 4.69) is 12.3 Å². The summed E-state index contributed by atoms with van der Waals surface area (Å²) in [5.41, 5.74) is 3.53. The Bertz CT molecular complexity index is 656. The molecule has 1 aromatic carbocycles. The topological polar surface area (TPSA) is 72.5 Å². The van der Waals surface area contributed by atoms with Crippen molar-refractivity contribution in [3.05, 3.63) is 48.2 Å². The van der Waals surface area contributed by atoms with Crippen LogP contribution in [0.2, 0.25) is 0 Å². The number of amides is 1. The normalized spacial score (nSPS) is 12.4. The van der Waals surface area contributed by atoms with E-state index in [0.29, 0.717) is 6.42 Å². The van der Waals surface area contributed by atoms with Crippen LogP contribution in [0, 0.1) is 12.8 Å². The van der Waals surface area contributed by atoms with Crippen molar-refractivity contribution in [1.82, 2.24) is 4.72 Å². The van der Waals surface area contributed by atoms with E-state index in [1.807, 2.05) is 25.5 Å². The number of aryl methyl sites for hydroxylation is 1. The van der Waals surface area contributed by atoms with Gasteiger partial charge in [0.2, 0.25) is 0 Å². The number of nitrogens with one attached hydrogen (secondary N) is 1. The summed E-state index contributed by atoms with van der Waals surface area (Å²) in [5.74, 6) is 0.0393. The summed E-state index contributed by atoms with van der Waals surface area (Å²) in [6, 6.07) is 6.19. The predicted octanol–water partition coefficient (Wildman–Crippen LogP) is 3.17. The summed E-state index contributed by atoms with van der Waals surface area (Å²) in [4.78, 5) is 11.8. The zero-order valence-electron chi connectivity index (χ0n) is 13.0. The lowest BCUT2D eigenvalue weighted by molar-refractivity contribution is 0.0773. The first-order chi connectivity index (χ1) is 10.3. The van der Waals surface area contributed by atoms with Gasteiger partial charge in [0.15, 0.2) is 0 Å². The van der Waals surface area contributed by atoms with Crippen LogP contribution in [-0.2, 0) is 14.8 Å². The number of carbonyl (C=O) groups excluding carboxylic acids is 1. The van der Waals surface area contributed by atoms with Crippen LogP contribution in [0.15, 0.2) is 47.5 Å². The molecular formula is C16H21NO4S. The standard InChI is InChI=1S/C16H21NO4S/c1-5-6-7-15(12(2)3)21-16(18)17-22(19,20)14-10-8-13(4)9-11-14/h6,8-12,15H,1,7H2,2-4H3,(H,17,18). The molecule has 0 spiro atoms. The maximum atomic E-state index is 12.1. The number of benzene rings is 1. The first-order valence-electron chi connectivity index (χ1n) is 6.90. The van der Waals surface area contributed by atoms with Crippen LogP contribution < -0.4 is 4.72 Å². The molecular weight excluding hydrogens is 302 g/mol. The molecule has 0 radical (unpaired) electrons. The molecule has 1 atom stereocenters. The highest BCUT2D eigenvalue weighted by atomic mass is 32.2. The molecule has 0 aliphatic heterocycles. The Balaban J connectivity index is 2.77. The number of sulfonamides is 1. The molecule has 0 heterocycles. The third-order valence-corrected chi connectivity index (χ3v) is 4.37. The summed E-state index contributed by atoms with van der Waals surface area (Å²) in [6.07, 6.45) is 0.644. The van der Waals surface area contributed by atoms with Crippen LogP contribution in [-0.4, -0.2) is 20.6 Å². The first kappa shape index (κ1) is 18.0. The number of ether oxygens (including phenoxy) is 1. The number of carbonyl (C=O) groups is 1. The molecule has 0 saturated carbocycles. The minimum atomic E-state index is -3.93. The van der Waals surface area contributed by atoms with Crippen LogP contribution in [0.5, 0.6) is 0 Å². The Kier molecular flexibility index (Phi) is 6.40. The van der Waals surface area contributed by atoms with Crippen LogP contribution in [0.3, 0.4) is 0 Å². The van der Waals surface area contributed by atoms with Gasteiger partial charge in [0.1, 0.15) is 6.10 Å². The van der Waals surface area contributed by atoms with Gasteiger partial charge in [-0.2, -0.15) is 0 Å². The van der Waals surface area contributed by atoms with E-state index < -0.39 is 22.2 Å². The van der Waals surface area contributed by atoms with Gasteiger partial charge in [0.25, 0.3) is 10.0 Å². The van der Waals surface area contributed by atoms with E-state index >= 15 is 0 Å². The maximum Gasteiger partial charge on any atom is 0.421 e. The zero-order chi connectivity index (χ0) is 16.8. The molecule has 22 heavy (non-hydrogen) atoms. The Morgan fingerprint density at radius 2 is 1.95 bits per heavy atom. The van der Waals surface area contributed by atoms with E-state index in [1.165, 1.54) is 12.1 Å². The van der Waals surface area contributed by atoms with Crippen LogP contribution in [0.1, 0.15) is 25.8 Å². The van der Waals surface area contributed by atoms with Crippen molar-refractivity contribution in [2.45, 2.75) is 38.2 Å². The smallest absolute Gasteiger partial charge is 0.421 e. The van der Waals surface area contributed by atoms with E-state index in [1.54, 1.807) is 18.2 Å². The van der Waals surface area contributed by atoms with E-state index in [4.69, 9.17) is 4.74 Å². The molecule has 1 amide bonds. The van der Waals surface area contributed by atoms with Gasteiger partial charge in [0, 0.05) is 6.42 Å². The van der Waals surface area contributed by atoms with E-state index in [0.717, 1.165) is 5.56 Å². The minimum absolute atomic E-state index is 0.0159. The quantitative estimate of drug-likeness (QED) is 0.816. The first-order valence-corrected chi connectivity index (χ1v) is 8.39. The van der Waals surface area contributed by atoms with E-state index in [9.17, 15) is 13.2 Å². The van der Waals surface area contributed by atoms with Crippen molar-refractivity contribution in [2.75, 3.05) is 0 Å². The predicted molar refractivity (Wildman–Crippen MR) is 84.9 cm³/mol. The highest BCUT2D eigenvalue weighted by Gasteiger charge is 2.22. The van der Waals surface area contributed by atoms with Gasteiger partial charge in [-0.1, -0.05) is 38.1 Å². The second-order valence-electron chi connectivity index (χ2n) is 5.25. The third kappa shape index (κ3) is 5.39. The number of hydrogen-bond donors (Lipinski definition) is 1. The second-order valence-corrected chi connectivity index (χ2v) is 6.93. The molecule has 0 aliphatic rings. The Morgan fingerprint density at radius 3 is 2.45 bits per heavy atom. The Morgan fingerprint density at radius 1 is 1.36 bits per heavy atom. The molecule has 6 heteroatoms. The van der Waals surface area contributed by atoms with Crippen molar-refractivity contribution in [3.8, 4) is 0 Å². The van der Waals surface area contributed by atoms with Crippen molar-refractivity contribution < 1.29 is 17.9 Å². The second kappa shape index (κ2) is 7.82. The van der Waals surface area contributed by atoms with Crippen LogP contribution in [0.4, 0.5) is 4.79 Å². The van der Waals surface area contributed by atoms with Gasteiger partial charge in [-0.15, -0.1) is 5.73 Å². The van der Waals surface area contributed by atoms with Gasteiger partial charge in [-0.3, -0.25) is 0 Å². The van der Waals surface area contributed by atoms with Crippen molar-refractivity contribution in [3.63, 3.8) is 0 Å². The highest BCUT2D eigenvalue weighted by Crippen LogP contribution is 2.13. The third-order valence-electron chi connectivity index (χ3n) is 3.05. The van der Waals surface area contributed by atoms with Gasteiger partial charge < -0.3 is 4.74 Å². The average Bonchev–Trinajstić information content (AvgIpc) is 2.43. The SMILES string of the molecule is C=C=CCC(OC(=O)NS(=O)(=O)c1ccc(C)cc1)C(C)C. The van der Waals surface area contributed by atoms with Crippen molar-refractivity contribution in [2.24, 2.45) is 5.92 Å². The number of rotatable bonds is 6. The molecule has 0 aliphatic carbocycles. The Labute approximate surface area is 131 Å². The molecule has 120 valence electrons. The fourth-order valence-corrected chi connectivity index (χ4v) is 2.58. The largest absolute Gasteiger partial charge is 0.445 e. The Hall–Kier alpha value is -2.04. The summed E-state index contributed by atoms with van der Waals surface area (Å²) in [5, 5.41) is 0. The molecule has 0 bridgehead atoms. The minimum Gasteiger partial charge on any atom is -0.445 e. The highest BCUT2D eigenvalue weighted by molar-refractivity contribution is 7.90. The summed E-state index contributed by atoms with van der Waals surface area (Å²) >= 11 is 0. The molecule has 1 unspecified atom stereocenters. The maximum absolute atomic E-state index is 12.1. The van der Waals surface area contributed by atoms with Crippen LogP contribution in [0.25, 0.3) is 0 Å². The van der Waals surface area contributed by atoms with Crippen molar-refractivity contribution >= 4 is 16.1 Å². The molecule has 1 aromatic rings. The molecule has 0 saturated heterocycles. The lowest BCUT2D eigenvalue weighted by atomic mass is 10.0. The number of hydrogen-bond acceptors (Lipinski definition) is 4. The molecule has 1 rings (SSSR count). The molecule has 0 fully saturated rings. The lowest BCUT2D eigenvalue weighted by Crippen LogP contribution is -2.35. The van der Waals surface area contributed by atoms with Crippen molar-refractivity contribution in [1.29, 1.82) is 0 Å². The van der Waals surface area contributed by atoms with Gasteiger partial charge in [0.05, 0.1) is 4.90 Å². The zero-order valence-corrected chi connectivity index (χ0v) is 13.8. The van der Waals surface area contributed by atoms with Gasteiger partial charge in [-0.25, -0.2) is 17.9 Å². The fraction of sp³-hybridized carbons (Fsp3) is 0.375. The van der Waals surface area contributed by atoms with Crippen LogP contribution >= 0.6 is 0 Å². The summed E-state index contributed by atoms with van der Waals surface area (Å²) < 4.78 is 31.2. The van der Waals surface area contributed by atoms with Gasteiger partial charge in [-0.05, 0) is 31.1 Å². The summed E-state index contributed by atoms with van der Waals surface area (Å²) in [6.45, 7) is 9.05. The molecule has 0 aromatic heterocycles. The summed E-state index contributed by atoms with van der Waals surface area (Å²) in [7, 11) is -3.93. The molecule has 5 nitrogen and oxygen atoms in total. The van der Waals surface area contributed by atoms with Gasteiger partial charge >= 0.3 is 6.09 Å². The lowest BCUT2D eigenvalue weighted by Gasteiger charge is -2.19. The molecule has 1 N–H and O–H groups in total.